The van der Waals surface area contributed by atoms with Crippen molar-refractivity contribution in [3.05, 3.63) is 38.9 Å². The van der Waals surface area contributed by atoms with E-state index in [1.165, 1.54) is 0 Å². The Morgan fingerprint density at radius 2 is 2.29 bits per heavy atom. The second-order valence-corrected chi connectivity index (χ2v) is 3.29. The van der Waals surface area contributed by atoms with Gasteiger partial charge in [-0.15, -0.1) is 11.6 Å². The molecule has 1 aromatic carbocycles. The zero-order chi connectivity index (χ0) is 13.0. The van der Waals surface area contributed by atoms with Crippen molar-refractivity contribution in [3.63, 3.8) is 0 Å². The van der Waals surface area contributed by atoms with Crippen LogP contribution in [-0.2, 0) is 10.6 Å². The van der Waals surface area contributed by atoms with Gasteiger partial charge in [0.05, 0.1) is 23.2 Å². The lowest BCUT2D eigenvalue weighted by molar-refractivity contribution is -0.384. The van der Waals surface area contributed by atoms with Crippen LogP contribution in [0.4, 0.5) is 5.69 Å². The van der Waals surface area contributed by atoms with Gasteiger partial charge in [-0.25, -0.2) is 4.79 Å². The molecule has 0 aliphatic heterocycles. The lowest BCUT2D eigenvalue weighted by atomic mass is 10.0. The first-order valence-corrected chi connectivity index (χ1v) is 4.94. The van der Waals surface area contributed by atoms with Gasteiger partial charge in [0.15, 0.2) is 0 Å². The molecule has 0 spiro atoms. The standard InChI is InChI=1S/C10H7ClN2O4/c1-17-10(14)9-6(4-11)2-8(13(15)16)3-7(9)5-12/h2-3H,4H2,1H3. The predicted octanol–water partition coefficient (Wildman–Crippen LogP) is 1.99. The molecule has 0 atom stereocenters. The van der Waals surface area contributed by atoms with Gasteiger partial charge < -0.3 is 4.74 Å². The highest BCUT2D eigenvalue weighted by Gasteiger charge is 2.21. The van der Waals surface area contributed by atoms with E-state index < -0.39 is 10.9 Å². The summed E-state index contributed by atoms with van der Waals surface area (Å²) in [7, 11) is 1.16. The van der Waals surface area contributed by atoms with E-state index >= 15 is 0 Å². The van der Waals surface area contributed by atoms with E-state index in [1.807, 2.05) is 0 Å². The van der Waals surface area contributed by atoms with Crippen LogP contribution < -0.4 is 0 Å². The van der Waals surface area contributed by atoms with Gasteiger partial charge in [-0.05, 0) is 5.56 Å². The lowest BCUT2D eigenvalue weighted by Crippen LogP contribution is -2.09. The number of benzene rings is 1. The number of halogens is 1. The van der Waals surface area contributed by atoms with E-state index in [0.717, 1.165) is 19.2 Å². The molecule has 0 saturated carbocycles. The normalized spacial score (nSPS) is 9.47. The number of esters is 1. The smallest absolute Gasteiger partial charge is 0.339 e. The maximum Gasteiger partial charge on any atom is 0.339 e. The molecule has 88 valence electrons. The van der Waals surface area contributed by atoms with Crippen LogP contribution in [0.25, 0.3) is 0 Å². The van der Waals surface area contributed by atoms with Crippen molar-refractivity contribution in [3.8, 4) is 6.07 Å². The van der Waals surface area contributed by atoms with Gasteiger partial charge in [0.1, 0.15) is 6.07 Å². The van der Waals surface area contributed by atoms with E-state index in [9.17, 15) is 14.9 Å². The van der Waals surface area contributed by atoms with Crippen LogP contribution in [0.1, 0.15) is 21.5 Å². The number of nitrogens with zero attached hydrogens (tertiary/aromatic N) is 2. The Labute approximate surface area is 102 Å². The molecule has 0 bridgehead atoms. The highest BCUT2D eigenvalue weighted by Crippen LogP contribution is 2.24. The molecule has 0 N–H and O–H groups in total. The van der Waals surface area contributed by atoms with Gasteiger partial charge in [-0.1, -0.05) is 0 Å². The molecular formula is C10H7ClN2O4. The number of hydrogen-bond donors (Lipinski definition) is 0. The van der Waals surface area contributed by atoms with E-state index in [4.69, 9.17) is 16.9 Å². The lowest BCUT2D eigenvalue weighted by Gasteiger charge is -2.06. The third-order valence-corrected chi connectivity index (χ3v) is 2.36. The molecule has 6 nitrogen and oxygen atoms in total. The van der Waals surface area contributed by atoms with Crippen LogP contribution in [0.5, 0.6) is 0 Å². The number of carbonyl (C=O) groups excluding carboxylic acids is 1. The van der Waals surface area contributed by atoms with Crippen LogP contribution >= 0.6 is 11.6 Å². The molecule has 0 unspecified atom stereocenters. The van der Waals surface area contributed by atoms with Crippen LogP contribution in [0, 0.1) is 21.4 Å². The summed E-state index contributed by atoms with van der Waals surface area (Å²) in [5, 5.41) is 19.5. The molecular weight excluding hydrogens is 248 g/mol. The quantitative estimate of drug-likeness (QED) is 0.356. The first-order valence-electron chi connectivity index (χ1n) is 4.40. The third-order valence-electron chi connectivity index (χ3n) is 2.07. The third kappa shape index (κ3) is 2.52. The zero-order valence-corrected chi connectivity index (χ0v) is 9.52. The molecule has 0 aliphatic carbocycles. The Morgan fingerprint density at radius 3 is 2.71 bits per heavy atom. The fraction of sp³-hybridized carbons (Fsp3) is 0.200. The topological polar surface area (TPSA) is 93.2 Å². The molecule has 0 fully saturated rings. The number of nitriles is 1. The van der Waals surface area contributed by atoms with Gasteiger partial charge in [-0.2, -0.15) is 5.26 Å². The fourth-order valence-electron chi connectivity index (χ4n) is 1.33. The van der Waals surface area contributed by atoms with E-state index in [0.29, 0.717) is 0 Å². The predicted molar refractivity (Wildman–Crippen MR) is 58.7 cm³/mol. The molecule has 0 radical (unpaired) electrons. The van der Waals surface area contributed by atoms with Crippen LogP contribution in [-0.4, -0.2) is 18.0 Å². The summed E-state index contributed by atoms with van der Waals surface area (Å²) in [6.45, 7) is 0. The van der Waals surface area contributed by atoms with Gasteiger partial charge in [0, 0.05) is 18.0 Å². The van der Waals surface area contributed by atoms with Crippen LogP contribution in [0.3, 0.4) is 0 Å². The van der Waals surface area contributed by atoms with Gasteiger partial charge in [0.2, 0.25) is 0 Å². The summed E-state index contributed by atoms with van der Waals surface area (Å²) in [5.74, 6) is -0.868. The van der Waals surface area contributed by atoms with Gasteiger partial charge >= 0.3 is 5.97 Å². The Kier molecular flexibility index (Phi) is 4.01. The number of hydrogen-bond acceptors (Lipinski definition) is 5. The van der Waals surface area contributed by atoms with Crippen LogP contribution in [0.2, 0.25) is 0 Å². The Balaban J connectivity index is 3.54. The minimum absolute atomic E-state index is 0.0319. The Hall–Kier alpha value is -2.13. The molecule has 1 aromatic rings. The number of non-ortho nitro benzene ring substituents is 1. The minimum atomic E-state index is -0.743. The van der Waals surface area contributed by atoms with Crippen molar-refractivity contribution in [1.82, 2.24) is 0 Å². The molecule has 0 aromatic heterocycles. The molecule has 0 heterocycles. The highest BCUT2D eigenvalue weighted by molar-refractivity contribution is 6.17. The first-order chi connectivity index (χ1) is 8.04. The van der Waals surface area contributed by atoms with Crippen molar-refractivity contribution in [2.75, 3.05) is 7.11 Å². The van der Waals surface area contributed by atoms with Gasteiger partial charge in [-0.3, -0.25) is 10.1 Å². The average molecular weight is 255 g/mol. The van der Waals surface area contributed by atoms with Crippen molar-refractivity contribution < 1.29 is 14.5 Å². The molecule has 7 heteroatoms. The summed E-state index contributed by atoms with van der Waals surface area (Å²) in [6, 6.07) is 3.89. The number of rotatable bonds is 3. The van der Waals surface area contributed by atoms with E-state index in [-0.39, 0.29) is 28.3 Å². The highest BCUT2D eigenvalue weighted by atomic mass is 35.5. The second-order valence-electron chi connectivity index (χ2n) is 3.02. The van der Waals surface area contributed by atoms with Gasteiger partial charge in [0.25, 0.3) is 5.69 Å². The molecule has 17 heavy (non-hydrogen) atoms. The summed E-state index contributed by atoms with van der Waals surface area (Å²) < 4.78 is 4.50. The summed E-state index contributed by atoms with van der Waals surface area (Å²) >= 11 is 5.60. The number of nitro groups is 1. The van der Waals surface area contributed by atoms with Crippen molar-refractivity contribution in [1.29, 1.82) is 5.26 Å². The number of nitro benzene ring substituents is 1. The Morgan fingerprint density at radius 1 is 1.65 bits per heavy atom. The first kappa shape index (κ1) is 12.9. The number of ether oxygens (including phenoxy) is 1. The average Bonchev–Trinajstić information content (AvgIpc) is 2.35. The maximum absolute atomic E-state index is 11.5. The zero-order valence-electron chi connectivity index (χ0n) is 8.77. The van der Waals surface area contributed by atoms with Crippen molar-refractivity contribution >= 4 is 23.3 Å². The van der Waals surface area contributed by atoms with Crippen LogP contribution in [0.15, 0.2) is 12.1 Å². The summed E-state index contributed by atoms with van der Waals surface area (Å²) in [4.78, 5) is 21.4. The SMILES string of the molecule is COC(=O)c1c(C#N)cc([N+](=O)[O-])cc1CCl. The molecule has 0 saturated heterocycles. The molecule has 1 rings (SSSR count). The number of carbonyl (C=O) groups is 1. The van der Waals surface area contributed by atoms with Crippen molar-refractivity contribution in [2.24, 2.45) is 0 Å². The minimum Gasteiger partial charge on any atom is -0.465 e. The largest absolute Gasteiger partial charge is 0.465 e. The summed E-state index contributed by atoms with van der Waals surface area (Å²) in [5.41, 5.74) is -0.244. The number of alkyl halides is 1. The Bertz CT molecular complexity index is 522. The maximum atomic E-state index is 11.5. The fourth-order valence-corrected chi connectivity index (χ4v) is 1.54. The van der Waals surface area contributed by atoms with Crippen molar-refractivity contribution in [2.45, 2.75) is 5.88 Å². The summed E-state index contributed by atoms with van der Waals surface area (Å²) in [6.07, 6.45) is 0. The monoisotopic (exact) mass is 254 g/mol. The number of methoxy groups -OCH3 is 1. The molecule has 0 aliphatic rings. The van der Waals surface area contributed by atoms with E-state index in [1.54, 1.807) is 6.07 Å². The second kappa shape index (κ2) is 5.27. The molecule has 0 amide bonds. The van der Waals surface area contributed by atoms with E-state index in [2.05, 4.69) is 4.74 Å².